The molecule has 0 unspecified atom stereocenters. The number of anilines is 1. The third-order valence-electron chi connectivity index (χ3n) is 5.87. The van der Waals surface area contributed by atoms with E-state index in [-0.39, 0.29) is 17.9 Å². The molecule has 0 aromatic carbocycles. The molecule has 1 fully saturated rings. The fourth-order valence-corrected chi connectivity index (χ4v) is 4.28. The van der Waals surface area contributed by atoms with Gasteiger partial charge in [-0.05, 0) is 31.4 Å². The van der Waals surface area contributed by atoms with Gasteiger partial charge in [-0.25, -0.2) is 9.97 Å². The van der Waals surface area contributed by atoms with Crippen LogP contribution in [0.3, 0.4) is 0 Å². The highest BCUT2D eigenvalue weighted by molar-refractivity contribution is 5.92. The second-order valence-corrected chi connectivity index (χ2v) is 8.14. The van der Waals surface area contributed by atoms with Crippen LogP contribution in [-0.4, -0.2) is 63.8 Å². The lowest BCUT2D eigenvalue weighted by molar-refractivity contribution is -0.129. The maximum atomic E-state index is 13.2. The van der Waals surface area contributed by atoms with E-state index >= 15 is 0 Å². The number of fused-ring (bicyclic) bond motifs is 1. The van der Waals surface area contributed by atoms with Crippen LogP contribution in [0.25, 0.3) is 0 Å². The molecule has 2 aromatic heterocycles. The number of pyridine rings is 1. The molecule has 4 rings (SSSR count). The minimum Gasteiger partial charge on any atom is -0.362 e. The van der Waals surface area contributed by atoms with Crippen molar-refractivity contribution in [1.82, 2.24) is 24.8 Å². The zero-order chi connectivity index (χ0) is 21.3. The van der Waals surface area contributed by atoms with Crippen LogP contribution in [0.15, 0.2) is 24.4 Å². The molecular weight excluding hydrogens is 380 g/mol. The van der Waals surface area contributed by atoms with Crippen molar-refractivity contribution in [2.75, 3.05) is 32.1 Å². The fraction of sp³-hybridized carbons (Fsp3) is 0.500. The number of carbonyl (C=O) groups is 2. The van der Waals surface area contributed by atoms with Crippen LogP contribution in [0.2, 0.25) is 0 Å². The van der Waals surface area contributed by atoms with E-state index < -0.39 is 0 Å². The van der Waals surface area contributed by atoms with E-state index in [0.717, 1.165) is 36.3 Å². The molecule has 0 aliphatic carbocycles. The number of carbonyl (C=O) groups excluding carboxylic acids is 2. The number of rotatable bonds is 3. The Morgan fingerprint density at radius 1 is 1.13 bits per heavy atom. The summed E-state index contributed by atoms with van der Waals surface area (Å²) in [6.45, 7) is 3.46. The Morgan fingerprint density at radius 2 is 1.97 bits per heavy atom. The molecular formula is C22H28N6O2. The largest absolute Gasteiger partial charge is 0.362 e. The molecule has 2 aliphatic heterocycles. The minimum atomic E-state index is -0.164. The molecule has 1 saturated heterocycles. The smallest absolute Gasteiger partial charge is 0.273 e. The van der Waals surface area contributed by atoms with E-state index in [0.29, 0.717) is 37.6 Å². The molecule has 158 valence electrons. The molecule has 1 atom stereocenters. The topological polar surface area (TPSA) is 82.5 Å². The maximum absolute atomic E-state index is 13.2. The summed E-state index contributed by atoms with van der Waals surface area (Å²) in [6, 6.07) is 5.23. The number of hydrogen-bond acceptors (Lipinski definition) is 6. The van der Waals surface area contributed by atoms with E-state index in [1.807, 2.05) is 40.9 Å². The van der Waals surface area contributed by atoms with Crippen LogP contribution in [0, 0.1) is 0 Å². The Morgan fingerprint density at radius 3 is 2.67 bits per heavy atom. The predicted molar refractivity (Wildman–Crippen MR) is 113 cm³/mol. The summed E-state index contributed by atoms with van der Waals surface area (Å²) in [7, 11) is 3.91. The van der Waals surface area contributed by atoms with Gasteiger partial charge in [0.15, 0.2) is 5.82 Å². The van der Waals surface area contributed by atoms with Gasteiger partial charge < -0.3 is 14.7 Å². The number of amides is 2. The second-order valence-electron chi connectivity index (χ2n) is 8.14. The van der Waals surface area contributed by atoms with Gasteiger partial charge in [-0.1, -0.05) is 6.07 Å². The summed E-state index contributed by atoms with van der Waals surface area (Å²) in [5.74, 6) is 1.51. The van der Waals surface area contributed by atoms with Crippen molar-refractivity contribution in [1.29, 1.82) is 0 Å². The van der Waals surface area contributed by atoms with Crippen molar-refractivity contribution >= 4 is 17.6 Å². The Balaban J connectivity index is 1.71. The number of hydrogen-bond donors (Lipinski definition) is 0. The average Bonchev–Trinajstić information content (AvgIpc) is 2.77. The van der Waals surface area contributed by atoms with Gasteiger partial charge in [-0.15, -0.1) is 0 Å². The summed E-state index contributed by atoms with van der Waals surface area (Å²) < 4.78 is 0. The van der Waals surface area contributed by atoms with Crippen molar-refractivity contribution in [3.05, 3.63) is 47.2 Å². The molecule has 2 amide bonds. The molecule has 30 heavy (non-hydrogen) atoms. The normalized spacial score (nSPS) is 18.7. The molecule has 0 bridgehead atoms. The van der Waals surface area contributed by atoms with Gasteiger partial charge in [0.25, 0.3) is 5.91 Å². The lowest BCUT2D eigenvalue weighted by atomic mass is 9.99. The van der Waals surface area contributed by atoms with Crippen molar-refractivity contribution in [3.8, 4) is 0 Å². The lowest BCUT2D eigenvalue weighted by Gasteiger charge is -2.36. The van der Waals surface area contributed by atoms with Crippen molar-refractivity contribution in [2.45, 2.75) is 45.2 Å². The van der Waals surface area contributed by atoms with Crippen molar-refractivity contribution < 1.29 is 9.59 Å². The summed E-state index contributed by atoms with van der Waals surface area (Å²) >= 11 is 0. The molecule has 0 saturated carbocycles. The van der Waals surface area contributed by atoms with Crippen molar-refractivity contribution in [3.63, 3.8) is 0 Å². The van der Waals surface area contributed by atoms with Gasteiger partial charge in [0.05, 0.1) is 18.3 Å². The van der Waals surface area contributed by atoms with Crippen molar-refractivity contribution in [2.24, 2.45) is 0 Å². The van der Waals surface area contributed by atoms with Gasteiger partial charge in [0, 0.05) is 52.3 Å². The maximum Gasteiger partial charge on any atom is 0.273 e. The van der Waals surface area contributed by atoms with Crippen LogP contribution < -0.4 is 4.90 Å². The zero-order valence-electron chi connectivity index (χ0n) is 17.8. The number of likely N-dealkylation sites (tertiary alicyclic amines) is 1. The first-order valence-electron chi connectivity index (χ1n) is 10.5. The quantitative estimate of drug-likeness (QED) is 0.774. The van der Waals surface area contributed by atoms with Crippen LogP contribution in [0.5, 0.6) is 0 Å². The minimum absolute atomic E-state index is 0.0637. The molecule has 8 heteroatoms. The standard InChI is InChI=1S/C22H28N6O2/c1-15(29)27-13-10-17-16(14-27)21(26(2)3)25-20(24-17)19-9-5-7-12-28(19)22(30)18-8-4-6-11-23-18/h4,6,8,11,19H,5,7,9-10,12-14H2,1-3H3/t19-/m1/s1. The lowest BCUT2D eigenvalue weighted by Crippen LogP contribution is -2.41. The van der Waals surface area contributed by atoms with Crippen LogP contribution >= 0.6 is 0 Å². The number of nitrogens with zero attached hydrogens (tertiary/aromatic N) is 6. The summed E-state index contributed by atoms with van der Waals surface area (Å²) in [4.78, 5) is 44.8. The molecule has 0 N–H and O–H groups in total. The molecule has 2 aromatic rings. The summed E-state index contributed by atoms with van der Waals surface area (Å²) in [5.41, 5.74) is 2.44. The Labute approximate surface area is 176 Å². The second kappa shape index (κ2) is 8.38. The monoisotopic (exact) mass is 408 g/mol. The highest BCUT2D eigenvalue weighted by atomic mass is 16.2. The first-order chi connectivity index (χ1) is 14.5. The summed E-state index contributed by atoms with van der Waals surface area (Å²) in [6.07, 6.45) is 5.18. The fourth-order valence-electron chi connectivity index (χ4n) is 4.28. The Kier molecular flexibility index (Phi) is 5.65. The Bertz CT molecular complexity index is 946. The molecule has 4 heterocycles. The Hall–Kier alpha value is -3.03. The molecule has 0 spiro atoms. The predicted octanol–water partition coefficient (Wildman–Crippen LogP) is 2.21. The van der Waals surface area contributed by atoms with Gasteiger partial charge in [0.1, 0.15) is 11.5 Å². The molecule has 8 nitrogen and oxygen atoms in total. The SMILES string of the molecule is CC(=O)N1CCc2nc([C@H]3CCCCN3C(=O)c3ccccn3)nc(N(C)C)c2C1. The number of piperidine rings is 1. The highest BCUT2D eigenvalue weighted by Gasteiger charge is 2.33. The summed E-state index contributed by atoms with van der Waals surface area (Å²) in [5, 5.41) is 0. The first-order valence-corrected chi connectivity index (χ1v) is 10.5. The first kappa shape index (κ1) is 20.3. The molecule has 2 aliphatic rings. The van der Waals surface area contributed by atoms with Gasteiger partial charge in [-0.2, -0.15) is 0 Å². The van der Waals surface area contributed by atoms with E-state index in [2.05, 4.69) is 4.98 Å². The van der Waals surface area contributed by atoms with Gasteiger partial charge in [-0.3, -0.25) is 14.6 Å². The van der Waals surface area contributed by atoms with E-state index in [1.54, 1.807) is 19.2 Å². The van der Waals surface area contributed by atoms with Crippen LogP contribution in [-0.2, 0) is 17.8 Å². The zero-order valence-corrected chi connectivity index (χ0v) is 17.8. The highest BCUT2D eigenvalue weighted by Crippen LogP contribution is 2.33. The van der Waals surface area contributed by atoms with E-state index in [9.17, 15) is 9.59 Å². The van der Waals surface area contributed by atoms with E-state index in [4.69, 9.17) is 9.97 Å². The third kappa shape index (κ3) is 3.86. The van der Waals surface area contributed by atoms with Gasteiger partial charge in [0.2, 0.25) is 5.91 Å². The van der Waals surface area contributed by atoms with E-state index in [1.165, 1.54) is 0 Å². The number of aromatic nitrogens is 3. The van der Waals surface area contributed by atoms with Crippen LogP contribution in [0.4, 0.5) is 5.82 Å². The molecule has 0 radical (unpaired) electrons. The average molecular weight is 409 g/mol. The van der Waals surface area contributed by atoms with Crippen LogP contribution in [0.1, 0.15) is 59.8 Å². The third-order valence-corrected chi connectivity index (χ3v) is 5.87. The van der Waals surface area contributed by atoms with Gasteiger partial charge >= 0.3 is 0 Å².